The molecule has 2 rings (SSSR count). The van der Waals surface area contributed by atoms with Crippen LogP contribution in [0, 0.1) is 25.2 Å². The lowest BCUT2D eigenvalue weighted by Crippen LogP contribution is -2.06. The summed E-state index contributed by atoms with van der Waals surface area (Å²) >= 11 is 0. The second-order valence-electron chi connectivity index (χ2n) is 4.28. The average molecular weight is 268 g/mol. The Kier molecular flexibility index (Phi) is 3.67. The fourth-order valence-electron chi connectivity index (χ4n) is 1.89. The SMILES string of the molecule is Cc1cc(C)c(C(=O)O)c(Oc2ccccc2C#N)n1. The minimum Gasteiger partial charge on any atom is -0.477 e. The van der Waals surface area contributed by atoms with Gasteiger partial charge in [-0.15, -0.1) is 0 Å². The molecule has 20 heavy (non-hydrogen) atoms. The van der Waals surface area contributed by atoms with Gasteiger partial charge in [-0.1, -0.05) is 12.1 Å². The first-order valence-electron chi connectivity index (χ1n) is 5.91. The number of carboxylic acid groups (broad SMARTS) is 1. The van der Waals surface area contributed by atoms with Crippen molar-refractivity contribution in [3.63, 3.8) is 0 Å². The Morgan fingerprint density at radius 2 is 2.05 bits per heavy atom. The first-order chi connectivity index (χ1) is 9.52. The van der Waals surface area contributed by atoms with Gasteiger partial charge in [0.15, 0.2) is 0 Å². The number of carboxylic acids is 1. The van der Waals surface area contributed by atoms with E-state index in [4.69, 9.17) is 10.00 Å². The highest BCUT2D eigenvalue weighted by atomic mass is 16.5. The van der Waals surface area contributed by atoms with Gasteiger partial charge in [0.1, 0.15) is 17.4 Å². The minimum absolute atomic E-state index is 0.00213. The summed E-state index contributed by atoms with van der Waals surface area (Å²) in [5.74, 6) is -0.827. The second-order valence-corrected chi connectivity index (χ2v) is 4.28. The number of ether oxygens (including phenoxy) is 1. The molecule has 0 saturated heterocycles. The number of nitrogens with zero attached hydrogens (tertiary/aromatic N) is 2. The highest BCUT2D eigenvalue weighted by Crippen LogP contribution is 2.28. The van der Waals surface area contributed by atoms with Crippen molar-refractivity contribution in [1.82, 2.24) is 4.98 Å². The van der Waals surface area contributed by atoms with E-state index in [1.807, 2.05) is 6.07 Å². The molecule has 0 aliphatic rings. The molecule has 5 heteroatoms. The fraction of sp³-hybridized carbons (Fsp3) is 0.133. The Bertz CT molecular complexity index is 718. The number of hydrogen-bond donors (Lipinski definition) is 1. The molecule has 0 aliphatic heterocycles. The van der Waals surface area contributed by atoms with Crippen LogP contribution in [0.4, 0.5) is 0 Å². The van der Waals surface area contributed by atoms with E-state index in [-0.39, 0.29) is 17.2 Å². The Hall–Kier alpha value is -2.87. The maximum absolute atomic E-state index is 11.3. The topological polar surface area (TPSA) is 83.2 Å². The van der Waals surface area contributed by atoms with E-state index in [0.29, 0.717) is 16.8 Å². The van der Waals surface area contributed by atoms with Crippen molar-refractivity contribution in [1.29, 1.82) is 5.26 Å². The maximum Gasteiger partial charge on any atom is 0.341 e. The predicted octanol–water partition coefficient (Wildman–Crippen LogP) is 3.06. The summed E-state index contributed by atoms with van der Waals surface area (Å²) in [6, 6.07) is 10.3. The number of aromatic carboxylic acids is 1. The number of nitriles is 1. The maximum atomic E-state index is 11.3. The summed E-state index contributed by atoms with van der Waals surface area (Å²) in [6.45, 7) is 3.43. The molecule has 1 aromatic carbocycles. The van der Waals surface area contributed by atoms with Gasteiger partial charge in [-0.05, 0) is 37.6 Å². The van der Waals surface area contributed by atoms with Gasteiger partial charge in [-0.3, -0.25) is 0 Å². The minimum atomic E-state index is -1.11. The lowest BCUT2D eigenvalue weighted by atomic mass is 10.1. The fourth-order valence-corrected chi connectivity index (χ4v) is 1.89. The number of pyridine rings is 1. The van der Waals surface area contributed by atoms with Crippen molar-refractivity contribution < 1.29 is 14.6 Å². The van der Waals surface area contributed by atoms with Crippen LogP contribution in [0.2, 0.25) is 0 Å². The largest absolute Gasteiger partial charge is 0.477 e. The number of rotatable bonds is 3. The number of para-hydroxylation sites is 1. The van der Waals surface area contributed by atoms with Crippen LogP contribution < -0.4 is 4.74 Å². The van der Waals surface area contributed by atoms with Crippen molar-refractivity contribution in [2.75, 3.05) is 0 Å². The first-order valence-corrected chi connectivity index (χ1v) is 5.91. The van der Waals surface area contributed by atoms with E-state index < -0.39 is 5.97 Å². The summed E-state index contributed by atoms with van der Waals surface area (Å²) in [6.07, 6.45) is 0. The highest BCUT2D eigenvalue weighted by Gasteiger charge is 2.18. The zero-order valence-electron chi connectivity index (χ0n) is 11.0. The van der Waals surface area contributed by atoms with Gasteiger partial charge in [0.25, 0.3) is 0 Å². The van der Waals surface area contributed by atoms with Crippen LogP contribution in [0.1, 0.15) is 27.2 Å². The van der Waals surface area contributed by atoms with Crippen LogP contribution in [-0.2, 0) is 0 Å². The molecule has 1 N–H and O–H groups in total. The molecule has 0 aliphatic carbocycles. The predicted molar refractivity (Wildman–Crippen MR) is 71.9 cm³/mol. The Balaban J connectivity index is 2.54. The quantitative estimate of drug-likeness (QED) is 0.924. The third-order valence-electron chi connectivity index (χ3n) is 2.74. The molecule has 0 unspecified atom stereocenters. The zero-order chi connectivity index (χ0) is 14.7. The molecule has 0 fully saturated rings. The van der Waals surface area contributed by atoms with Crippen molar-refractivity contribution >= 4 is 5.97 Å². The van der Waals surface area contributed by atoms with E-state index in [2.05, 4.69) is 4.98 Å². The molecule has 0 saturated carbocycles. The van der Waals surface area contributed by atoms with Crippen molar-refractivity contribution in [2.24, 2.45) is 0 Å². The molecule has 1 heterocycles. The van der Waals surface area contributed by atoms with Crippen LogP contribution in [0.15, 0.2) is 30.3 Å². The molecule has 0 radical (unpaired) electrons. The first kappa shape index (κ1) is 13.6. The van der Waals surface area contributed by atoms with E-state index in [0.717, 1.165) is 0 Å². The number of aryl methyl sites for hydroxylation is 2. The second kappa shape index (κ2) is 5.41. The van der Waals surface area contributed by atoms with E-state index in [9.17, 15) is 9.90 Å². The zero-order valence-corrected chi connectivity index (χ0v) is 11.0. The number of hydrogen-bond acceptors (Lipinski definition) is 4. The van der Waals surface area contributed by atoms with Gasteiger partial charge in [0, 0.05) is 5.69 Å². The molecule has 0 amide bonds. The molecule has 0 atom stereocenters. The summed E-state index contributed by atoms with van der Waals surface area (Å²) in [7, 11) is 0. The van der Waals surface area contributed by atoms with Gasteiger partial charge >= 0.3 is 5.97 Å². The smallest absolute Gasteiger partial charge is 0.341 e. The number of carbonyl (C=O) groups is 1. The Morgan fingerprint density at radius 1 is 1.35 bits per heavy atom. The third-order valence-corrected chi connectivity index (χ3v) is 2.74. The summed E-state index contributed by atoms with van der Waals surface area (Å²) < 4.78 is 5.54. The van der Waals surface area contributed by atoms with Gasteiger partial charge in [-0.25, -0.2) is 9.78 Å². The molecule has 5 nitrogen and oxygen atoms in total. The molecule has 0 bridgehead atoms. The standard InChI is InChI=1S/C15H12N2O3/c1-9-7-10(2)17-14(13(9)15(18)19)20-12-6-4-3-5-11(12)8-16/h3-7H,1-2H3,(H,18,19). The van der Waals surface area contributed by atoms with Gasteiger partial charge < -0.3 is 9.84 Å². The number of benzene rings is 1. The van der Waals surface area contributed by atoms with E-state index in [1.165, 1.54) is 0 Å². The van der Waals surface area contributed by atoms with Crippen LogP contribution >= 0.6 is 0 Å². The van der Waals surface area contributed by atoms with Crippen LogP contribution in [-0.4, -0.2) is 16.1 Å². The van der Waals surface area contributed by atoms with Crippen LogP contribution in [0.3, 0.4) is 0 Å². The molecule has 1 aromatic heterocycles. The summed E-state index contributed by atoms with van der Waals surface area (Å²) in [5, 5.41) is 18.3. The van der Waals surface area contributed by atoms with Gasteiger partial charge in [0.05, 0.1) is 5.56 Å². The monoisotopic (exact) mass is 268 g/mol. The van der Waals surface area contributed by atoms with Crippen LogP contribution in [0.5, 0.6) is 11.6 Å². The lowest BCUT2D eigenvalue weighted by Gasteiger charge is -2.11. The van der Waals surface area contributed by atoms with Crippen LogP contribution in [0.25, 0.3) is 0 Å². The van der Waals surface area contributed by atoms with E-state index in [1.54, 1.807) is 44.2 Å². The third kappa shape index (κ3) is 2.59. The van der Waals surface area contributed by atoms with Gasteiger partial charge in [-0.2, -0.15) is 5.26 Å². The van der Waals surface area contributed by atoms with Crippen molar-refractivity contribution in [3.8, 4) is 17.7 Å². The summed E-state index contributed by atoms with van der Waals surface area (Å²) in [4.78, 5) is 15.4. The summed E-state index contributed by atoms with van der Waals surface area (Å²) in [5.41, 5.74) is 1.54. The molecular formula is C15H12N2O3. The van der Waals surface area contributed by atoms with Gasteiger partial charge in [0.2, 0.25) is 5.88 Å². The molecular weight excluding hydrogens is 256 g/mol. The highest BCUT2D eigenvalue weighted by molar-refractivity contribution is 5.92. The molecule has 2 aromatic rings. The number of aromatic nitrogens is 1. The van der Waals surface area contributed by atoms with Crippen molar-refractivity contribution in [2.45, 2.75) is 13.8 Å². The molecule has 100 valence electrons. The molecule has 0 spiro atoms. The lowest BCUT2D eigenvalue weighted by molar-refractivity contribution is 0.0692. The Labute approximate surface area is 116 Å². The average Bonchev–Trinajstić information content (AvgIpc) is 2.38. The van der Waals surface area contributed by atoms with E-state index >= 15 is 0 Å². The van der Waals surface area contributed by atoms with Crippen molar-refractivity contribution in [3.05, 3.63) is 52.7 Å². The normalized spacial score (nSPS) is 9.85. The Morgan fingerprint density at radius 3 is 2.70 bits per heavy atom.